The first-order valence-electron chi connectivity index (χ1n) is 10.0. The highest BCUT2D eigenvalue weighted by molar-refractivity contribution is 5.86. The number of benzene rings is 2. The van der Waals surface area contributed by atoms with Gasteiger partial charge in [-0.05, 0) is 35.4 Å². The van der Waals surface area contributed by atoms with Gasteiger partial charge in [0.1, 0.15) is 23.6 Å². The van der Waals surface area contributed by atoms with Crippen molar-refractivity contribution in [2.75, 3.05) is 13.1 Å². The van der Waals surface area contributed by atoms with Crippen molar-refractivity contribution in [3.63, 3.8) is 0 Å². The molecule has 0 aliphatic heterocycles. The summed E-state index contributed by atoms with van der Waals surface area (Å²) in [5, 5.41) is 23.5. The molecule has 2 rings (SSSR count). The first-order valence-corrected chi connectivity index (χ1v) is 10.0. The van der Waals surface area contributed by atoms with E-state index in [-0.39, 0.29) is 37.4 Å². The highest BCUT2D eigenvalue weighted by Crippen LogP contribution is 2.16. The highest BCUT2D eigenvalue weighted by atomic mass is 16.5. The highest BCUT2D eigenvalue weighted by Gasteiger charge is 2.24. The van der Waals surface area contributed by atoms with Crippen molar-refractivity contribution in [1.82, 2.24) is 10.6 Å². The van der Waals surface area contributed by atoms with Gasteiger partial charge in [0.05, 0.1) is 13.1 Å². The van der Waals surface area contributed by atoms with E-state index < -0.39 is 35.8 Å². The van der Waals surface area contributed by atoms with Crippen LogP contribution in [0.25, 0.3) is 0 Å². The molecule has 11 nitrogen and oxygen atoms in total. The van der Waals surface area contributed by atoms with Crippen LogP contribution in [0.15, 0.2) is 48.5 Å². The third kappa shape index (κ3) is 8.24. The van der Waals surface area contributed by atoms with Gasteiger partial charge in [0.15, 0.2) is 0 Å². The fourth-order valence-corrected chi connectivity index (χ4v) is 2.88. The van der Waals surface area contributed by atoms with Gasteiger partial charge in [-0.1, -0.05) is 24.3 Å². The number of hydrogen-bond acceptors (Lipinski definition) is 8. The average Bonchev–Trinajstić information content (AvgIpc) is 2.80. The Hall–Kier alpha value is -3.96. The minimum atomic E-state index is -1.21. The lowest BCUT2D eigenvalue weighted by Crippen LogP contribution is -2.46. The zero-order valence-corrected chi connectivity index (χ0v) is 17.7. The molecule has 0 aliphatic rings. The molecule has 2 aromatic carbocycles. The Bertz CT molecular complexity index is 977. The molecule has 2 aromatic rings. The van der Waals surface area contributed by atoms with E-state index in [1.54, 1.807) is 24.3 Å². The molecular formula is C22H26N4O7. The first kappa shape index (κ1) is 25.3. The van der Waals surface area contributed by atoms with Crippen LogP contribution in [0.3, 0.4) is 0 Å². The molecule has 0 spiro atoms. The number of hydrogen-bond donors (Lipinski definition) is 6. The maximum atomic E-state index is 12.7. The molecule has 0 saturated heterocycles. The van der Waals surface area contributed by atoms with Crippen LogP contribution in [0, 0.1) is 0 Å². The van der Waals surface area contributed by atoms with Gasteiger partial charge in [-0.2, -0.15) is 0 Å². The molecule has 11 heteroatoms. The van der Waals surface area contributed by atoms with Crippen LogP contribution < -0.4 is 26.8 Å². The summed E-state index contributed by atoms with van der Waals surface area (Å²) < 4.78 is 5.36. The quantitative estimate of drug-likeness (QED) is 0.182. The normalized spacial score (nSPS) is 12.3. The van der Waals surface area contributed by atoms with Crippen molar-refractivity contribution in [3.8, 4) is 11.5 Å². The molecule has 0 aromatic heterocycles. The second-order valence-corrected chi connectivity index (χ2v) is 7.13. The van der Waals surface area contributed by atoms with Crippen molar-refractivity contribution >= 4 is 23.8 Å². The minimum absolute atomic E-state index is 0.00529. The zero-order chi connectivity index (χ0) is 24.4. The van der Waals surface area contributed by atoms with Crippen molar-refractivity contribution < 1.29 is 34.1 Å². The number of carbonyl (C=O) groups excluding carboxylic acids is 3. The van der Waals surface area contributed by atoms with Crippen molar-refractivity contribution in [1.29, 1.82) is 0 Å². The predicted octanol–water partition coefficient (Wildman–Crippen LogP) is -0.946. The molecule has 0 unspecified atom stereocenters. The van der Waals surface area contributed by atoms with Gasteiger partial charge in [-0.25, -0.2) is 9.59 Å². The fraction of sp³-hybridized carbons (Fsp3) is 0.273. The third-order valence-corrected chi connectivity index (χ3v) is 4.58. The lowest BCUT2D eigenvalue weighted by Gasteiger charge is -2.18. The topological polar surface area (TPSA) is 194 Å². The van der Waals surface area contributed by atoms with Gasteiger partial charge in [-0.15, -0.1) is 0 Å². The van der Waals surface area contributed by atoms with E-state index in [0.717, 1.165) is 0 Å². The second-order valence-electron chi connectivity index (χ2n) is 7.13. The van der Waals surface area contributed by atoms with Crippen LogP contribution in [0.2, 0.25) is 0 Å². The maximum absolute atomic E-state index is 12.7. The molecule has 2 atom stereocenters. The molecular weight excluding hydrogens is 432 g/mol. The largest absolute Gasteiger partial charge is 0.508 e. The zero-order valence-electron chi connectivity index (χ0n) is 17.7. The number of amides is 2. The van der Waals surface area contributed by atoms with E-state index in [0.29, 0.717) is 11.1 Å². The van der Waals surface area contributed by atoms with E-state index in [1.807, 2.05) is 0 Å². The van der Waals surface area contributed by atoms with Crippen molar-refractivity contribution in [3.05, 3.63) is 59.7 Å². The molecule has 8 N–H and O–H groups in total. The lowest BCUT2D eigenvalue weighted by molar-refractivity contribution is -0.141. The number of esters is 1. The SMILES string of the molecule is NCC(=O)N[C@@H](Cc1ccc(OC(=O)[C@H](Cc2ccc(O)cc2)NC(=O)CN)cc1)C(=O)O. The van der Waals surface area contributed by atoms with Gasteiger partial charge >= 0.3 is 11.9 Å². The predicted molar refractivity (Wildman–Crippen MR) is 117 cm³/mol. The summed E-state index contributed by atoms with van der Waals surface area (Å²) in [6.45, 7) is -0.635. The summed E-state index contributed by atoms with van der Waals surface area (Å²) in [7, 11) is 0. The van der Waals surface area contributed by atoms with Gasteiger partial charge in [0, 0.05) is 12.8 Å². The molecule has 0 aliphatic carbocycles. The molecule has 2 amide bonds. The minimum Gasteiger partial charge on any atom is -0.508 e. The number of rotatable bonds is 11. The summed E-state index contributed by atoms with van der Waals surface area (Å²) >= 11 is 0. The summed E-state index contributed by atoms with van der Waals surface area (Å²) in [6, 6.07) is 10.0. The van der Waals surface area contributed by atoms with E-state index in [9.17, 15) is 29.4 Å². The van der Waals surface area contributed by atoms with Crippen LogP contribution in [0.5, 0.6) is 11.5 Å². The molecule has 33 heavy (non-hydrogen) atoms. The summed E-state index contributed by atoms with van der Waals surface area (Å²) in [5.74, 6) is -2.82. The molecule has 0 heterocycles. The molecule has 176 valence electrons. The Kier molecular flexibility index (Phi) is 9.33. The number of nitrogens with one attached hydrogen (secondary N) is 2. The lowest BCUT2D eigenvalue weighted by atomic mass is 10.1. The fourth-order valence-electron chi connectivity index (χ4n) is 2.88. The average molecular weight is 458 g/mol. The molecule has 0 fully saturated rings. The maximum Gasteiger partial charge on any atom is 0.334 e. The summed E-state index contributed by atoms with van der Waals surface area (Å²) in [6.07, 6.45) is 0.120. The number of ether oxygens (including phenoxy) is 1. The number of carboxylic acids is 1. The monoisotopic (exact) mass is 458 g/mol. The van der Waals surface area contributed by atoms with Crippen LogP contribution in [-0.4, -0.2) is 59.1 Å². The smallest absolute Gasteiger partial charge is 0.334 e. The van der Waals surface area contributed by atoms with Crippen LogP contribution in [-0.2, 0) is 32.0 Å². The number of carbonyl (C=O) groups is 4. The second kappa shape index (κ2) is 12.2. The van der Waals surface area contributed by atoms with Gasteiger partial charge < -0.3 is 37.1 Å². The third-order valence-electron chi connectivity index (χ3n) is 4.58. The van der Waals surface area contributed by atoms with E-state index >= 15 is 0 Å². The summed E-state index contributed by atoms with van der Waals surface area (Å²) in [4.78, 5) is 47.2. The number of aromatic hydroxyl groups is 1. The Morgan fingerprint density at radius 1 is 0.788 bits per heavy atom. The van der Waals surface area contributed by atoms with Crippen LogP contribution >= 0.6 is 0 Å². The van der Waals surface area contributed by atoms with Crippen LogP contribution in [0.4, 0.5) is 0 Å². The molecule has 0 radical (unpaired) electrons. The van der Waals surface area contributed by atoms with Crippen molar-refractivity contribution in [2.45, 2.75) is 24.9 Å². The Labute approximate surface area is 189 Å². The number of aliphatic carboxylic acids is 1. The molecule has 0 saturated carbocycles. The number of phenols is 1. The molecule has 0 bridgehead atoms. The van der Waals surface area contributed by atoms with E-state index in [2.05, 4.69) is 10.6 Å². The Balaban J connectivity index is 2.07. The van der Waals surface area contributed by atoms with E-state index in [4.69, 9.17) is 16.2 Å². The van der Waals surface area contributed by atoms with Gasteiger partial charge in [0.2, 0.25) is 11.8 Å². The van der Waals surface area contributed by atoms with Crippen molar-refractivity contribution in [2.24, 2.45) is 11.5 Å². The number of nitrogens with two attached hydrogens (primary N) is 2. The van der Waals surface area contributed by atoms with Gasteiger partial charge in [0.25, 0.3) is 0 Å². The van der Waals surface area contributed by atoms with Crippen LogP contribution in [0.1, 0.15) is 11.1 Å². The van der Waals surface area contributed by atoms with E-state index in [1.165, 1.54) is 24.3 Å². The first-order chi connectivity index (χ1) is 15.7. The Morgan fingerprint density at radius 2 is 1.24 bits per heavy atom. The standard InChI is InChI=1S/C22H26N4O7/c23-11-19(28)25-17(21(30)31)9-14-3-7-16(8-4-14)33-22(32)18(26-20(29)12-24)10-13-1-5-15(27)6-2-13/h1-8,17-18,27H,9-12,23-24H2,(H,25,28)(H,26,29)(H,30,31)/t17-,18-/m0/s1. The Morgan fingerprint density at radius 3 is 1.73 bits per heavy atom. The number of phenolic OH excluding ortho intramolecular Hbond substituents is 1. The number of carboxylic acid groups (broad SMARTS) is 1. The van der Waals surface area contributed by atoms with Gasteiger partial charge in [-0.3, -0.25) is 9.59 Å². The summed E-state index contributed by atoms with van der Waals surface area (Å²) in [5.41, 5.74) is 11.8.